The Hall–Kier alpha value is -1.62. The van der Waals surface area contributed by atoms with Gasteiger partial charge in [0.05, 0.1) is 7.11 Å². The van der Waals surface area contributed by atoms with Gasteiger partial charge in [-0.05, 0) is 13.0 Å². The van der Waals surface area contributed by atoms with Crippen molar-refractivity contribution in [3.8, 4) is 5.75 Å². The molecule has 0 radical (unpaired) electrons. The standard InChI is InChI=1S/C10H14N2O3/c1-6-7(5-8(11)10(13)14)9(15-2)3-4-12-6/h3-4,8H,5,11H2,1-2H3,(H,13,14). The van der Waals surface area contributed by atoms with Crippen molar-refractivity contribution in [3.05, 3.63) is 23.5 Å². The molecule has 1 atom stereocenters. The molecule has 15 heavy (non-hydrogen) atoms. The molecule has 5 nitrogen and oxygen atoms in total. The van der Waals surface area contributed by atoms with Crippen LogP contribution in [0.15, 0.2) is 12.3 Å². The Labute approximate surface area is 87.9 Å². The third-order valence-corrected chi connectivity index (χ3v) is 2.19. The fraction of sp³-hybridized carbons (Fsp3) is 0.400. The van der Waals surface area contributed by atoms with Gasteiger partial charge in [0, 0.05) is 23.9 Å². The summed E-state index contributed by atoms with van der Waals surface area (Å²) in [6.07, 6.45) is 1.84. The summed E-state index contributed by atoms with van der Waals surface area (Å²) in [4.78, 5) is 14.7. The van der Waals surface area contributed by atoms with Crippen molar-refractivity contribution in [2.75, 3.05) is 7.11 Å². The summed E-state index contributed by atoms with van der Waals surface area (Å²) in [6.45, 7) is 1.80. The van der Waals surface area contributed by atoms with Crippen LogP contribution in [-0.4, -0.2) is 29.2 Å². The number of methoxy groups -OCH3 is 1. The van der Waals surface area contributed by atoms with E-state index in [1.54, 1.807) is 19.2 Å². The second-order valence-electron chi connectivity index (χ2n) is 3.23. The average molecular weight is 210 g/mol. The van der Waals surface area contributed by atoms with Gasteiger partial charge < -0.3 is 15.6 Å². The SMILES string of the molecule is COc1ccnc(C)c1CC(N)C(=O)O. The summed E-state index contributed by atoms with van der Waals surface area (Å²) in [5, 5.41) is 8.71. The summed E-state index contributed by atoms with van der Waals surface area (Å²) in [7, 11) is 1.53. The number of aryl methyl sites for hydroxylation is 1. The molecule has 1 aromatic rings. The molecule has 1 unspecified atom stereocenters. The largest absolute Gasteiger partial charge is 0.496 e. The number of pyridine rings is 1. The van der Waals surface area contributed by atoms with Gasteiger partial charge in [0.1, 0.15) is 11.8 Å². The summed E-state index contributed by atoms with van der Waals surface area (Å²) < 4.78 is 5.12. The monoisotopic (exact) mass is 210 g/mol. The van der Waals surface area contributed by atoms with Crippen LogP contribution in [0.4, 0.5) is 0 Å². The lowest BCUT2D eigenvalue weighted by molar-refractivity contribution is -0.138. The van der Waals surface area contributed by atoms with Gasteiger partial charge in [0.2, 0.25) is 0 Å². The number of hydrogen-bond donors (Lipinski definition) is 2. The predicted octanol–water partition coefficient (Wildman–Crippen LogP) is 0.353. The van der Waals surface area contributed by atoms with Crippen molar-refractivity contribution in [1.29, 1.82) is 0 Å². The van der Waals surface area contributed by atoms with Crippen LogP contribution in [0, 0.1) is 6.92 Å². The number of nitrogens with zero attached hydrogens (tertiary/aromatic N) is 1. The van der Waals surface area contributed by atoms with Gasteiger partial charge in [-0.3, -0.25) is 9.78 Å². The van der Waals surface area contributed by atoms with Crippen LogP contribution in [0.3, 0.4) is 0 Å². The van der Waals surface area contributed by atoms with Gasteiger partial charge in [-0.1, -0.05) is 0 Å². The van der Waals surface area contributed by atoms with E-state index in [1.165, 1.54) is 7.11 Å². The van der Waals surface area contributed by atoms with Crippen LogP contribution in [0.1, 0.15) is 11.3 Å². The van der Waals surface area contributed by atoms with Gasteiger partial charge in [0.25, 0.3) is 0 Å². The first-order chi connectivity index (χ1) is 7.06. The minimum atomic E-state index is -1.03. The molecule has 0 aliphatic rings. The van der Waals surface area contributed by atoms with E-state index in [0.717, 1.165) is 11.3 Å². The maximum atomic E-state index is 10.6. The van der Waals surface area contributed by atoms with Crippen LogP contribution in [0.5, 0.6) is 5.75 Å². The number of aromatic nitrogens is 1. The smallest absolute Gasteiger partial charge is 0.320 e. The first-order valence-corrected chi connectivity index (χ1v) is 4.53. The fourth-order valence-corrected chi connectivity index (χ4v) is 1.32. The Morgan fingerprint density at radius 1 is 1.73 bits per heavy atom. The number of ether oxygens (including phenoxy) is 1. The molecule has 3 N–H and O–H groups in total. The highest BCUT2D eigenvalue weighted by atomic mass is 16.5. The quantitative estimate of drug-likeness (QED) is 0.749. The molecule has 0 aliphatic heterocycles. The second kappa shape index (κ2) is 4.75. The lowest BCUT2D eigenvalue weighted by Gasteiger charge is -2.12. The van der Waals surface area contributed by atoms with E-state index in [9.17, 15) is 4.79 Å². The van der Waals surface area contributed by atoms with Crippen molar-refractivity contribution >= 4 is 5.97 Å². The van der Waals surface area contributed by atoms with Crippen molar-refractivity contribution in [2.45, 2.75) is 19.4 Å². The van der Waals surface area contributed by atoms with Gasteiger partial charge >= 0.3 is 5.97 Å². The predicted molar refractivity (Wildman–Crippen MR) is 54.8 cm³/mol. The highest BCUT2D eigenvalue weighted by Gasteiger charge is 2.16. The van der Waals surface area contributed by atoms with Gasteiger partial charge in [0.15, 0.2) is 0 Å². The molecular formula is C10H14N2O3. The van der Waals surface area contributed by atoms with E-state index in [4.69, 9.17) is 15.6 Å². The van der Waals surface area contributed by atoms with Gasteiger partial charge in [-0.2, -0.15) is 0 Å². The molecule has 1 aromatic heterocycles. The molecule has 0 spiro atoms. The van der Waals surface area contributed by atoms with Crippen molar-refractivity contribution in [2.24, 2.45) is 5.73 Å². The molecule has 0 amide bonds. The molecule has 0 fully saturated rings. The number of aliphatic carboxylic acids is 1. The van der Waals surface area contributed by atoms with E-state index in [2.05, 4.69) is 4.98 Å². The summed E-state index contributed by atoms with van der Waals surface area (Å²) in [5.41, 5.74) is 6.95. The molecule has 0 saturated heterocycles. The number of carboxylic acid groups (broad SMARTS) is 1. The number of hydrogen-bond acceptors (Lipinski definition) is 4. The minimum Gasteiger partial charge on any atom is -0.496 e. The lowest BCUT2D eigenvalue weighted by atomic mass is 10.0. The van der Waals surface area contributed by atoms with Crippen molar-refractivity contribution in [3.63, 3.8) is 0 Å². The number of carboxylic acids is 1. The van der Waals surface area contributed by atoms with Crippen LogP contribution >= 0.6 is 0 Å². The van der Waals surface area contributed by atoms with Crippen LogP contribution in [-0.2, 0) is 11.2 Å². The molecule has 82 valence electrons. The normalized spacial score (nSPS) is 12.2. The van der Waals surface area contributed by atoms with E-state index >= 15 is 0 Å². The van der Waals surface area contributed by atoms with Crippen LogP contribution in [0.25, 0.3) is 0 Å². The Morgan fingerprint density at radius 2 is 2.40 bits per heavy atom. The van der Waals surface area contributed by atoms with Crippen molar-refractivity contribution < 1.29 is 14.6 Å². The fourth-order valence-electron chi connectivity index (χ4n) is 1.32. The molecule has 0 aliphatic carbocycles. The van der Waals surface area contributed by atoms with E-state index in [-0.39, 0.29) is 6.42 Å². The van der Waals surface area contributed by atoms with Gasteiger partial charge in [-0.25, -0.2) is 0 Å². The number of rotatable bonds is 4. The zero-order valence-corrected chi connectivity index (χ0v) is 8.73. The van der Waals surface area contributed by atoms with Gasteiger partial charge in [-0.15, -0.1) is 0 Å². The summed E-state index contributed by atoms with van der Waals surface area (Å²) >= 11 is 0. The molecule has 0 bridgehead atoms. The molecule has 5 heteroatoms. The zero-order valence-electron chi connectivity index (χ0n) is 8.73. The van der Waals surface area contributed by atoms with E-state index in [0.29, 0.717) is 5.75 Å². The first kappa shape index (κ1) is 11.5. The lowest BCUT2D eigenvalue weighted by Crippen LogP contribution is -2.32. The number of carbonyl (C=O) groups is 1. The summed E-state index contributed by atoms with van der Waals surface area (Å²) in [6, 6.07) is 0.762. The highest BCUT2D eigenvalue weighted by molar-refractivity contribution is 5.73. The Kier molecular flexibility index (Phi) is 3.62. The third kappa shape index (κ3) is 2.66. The van der Waals surface area contributed by atoms with Crippen LogP contribution < -0.4 is 10.5 Å². The Morgan fingerprint density at radius 3 is 2.93 bits per heavy atom. The molecular weight excluding hydrogens is 196 g/mol. The Balaban J connectivity index is 2.97. The maximum Gasteiger partial charge on any atom is 0.320 e. The minimum absolute atomic E-state index is 0.220. The molecule has 0 aromatic carbocycles. The highest BCUT2D eigenvalue weighted by Crippen LogP contribution is 2.20. The topological polar surface area (TPSA) is 85.4 Å². The van der Waals surface area contributed by atoms with Crippen LogP contribution in [0.2, 0.25) is 0 Å². The maximum absolute atomic E-state index is 10.6. The summed E-state index contributed by atoms with van der Waals surface area (Å²) in [5.74, 6) is -0.403. The number of nitrogens with two attached hydrogens (primary N) is 1. The second-order valence-corrected chi connectivity index (χ2v) is 3.23. The van der Waals surface area contributed by atoms with E-state index in [1.807, 2.05) is 0 Å². The molecule has 0 saturated carbocycles. The average Bonchev–Trinajstić information content (AvgIpc) is 2.20. The molecule has 1 rings (SSSR count). The first-order valence-electron chi connectivity index (χ1n) is 4.53. The molecule has 1 heterocycles. The Bertz CT molecular complexity index is 366. The third-order valence-electron chi connectivity index (χ3n) is 2.19. The zero-order chi connectivity index (χ0) is 11.4. The van der Waals surface area contributed by atoms with E-state index < -0.39 is 12.0 Å². The van der Waals surface area contributed by atoms with Crippen molar-refractivity contribution in [1.82, 2.24) is 4.98 Å².